The minimum absolute atomic E-state index is 0.0570. The Labute approximate surface area is 185 Å². The van der Waals surface area contributed by atoms with Gasteiger partial charge in [0, 0.05) is 29.2 Å². The highest BCUT2D eigenvalue weighted by Crippen LogP contribution is 2.27. The van der Waals surface area contributed by atoms with Crippen LogP contribution in [0.25, 0.3) is 11.1 Å². The number of carbonyl (C=O) groups excluding carboxylic acids is 3. The van der Waals surface area contributed by atoms with E-state index in [4.69, 9.17) is 16.3 Å². The Hall–Kier alpha value is -3.44. The lowest BCUT2D eigenvalue weighted by Crippen LogP contribution is -2.27. The maximum absolute atomic E-state index is 12.4. The predicted octanol–water partition coefficient (Wildman–Crippen LogP) is 4.79. The van der Waals surface area contributed by atoms with Crippen LogP contribution >= 0.6 is 11.6 Å². The van der Waals surface area contributed by atoms with E-state index in [1.807, 2.05) is 42.5 Å². The molecule has 1 fully saturated rings. The number of carbonyl (C=O) groups is 3. The van der Waals surface area contributed by atoms with E-state index in [1.165, 1.54) is 4.90 Å². The van der Waals surface area contributed by atoms with Gasteiger partial charge in [-0.1, -0.05) is 66.2 Å². The number of rotatable bonds is 6. The summed E-state index contributed by atoms with van der Waals surface area (Å²) in [6.45, 7) is -0.131. The molecule has 6 heteroatoms. The highest BCUT2D eigenvalue weighted by molar-refractivity contribution is 6.30. The van der Waals surface area contributed by atoms with Crippen molar-refractivity contribution in [2.24, 2.45) is 5.92 Å². The number of ether oxygens (including phenoxy) is 1. The van der Waals surface area contributed by atoms with Crippen LogP contribution in [0.4, 0.5) is 5.69 Å². The molecule has 1 aliphatic heterocycles. The Morgan fingerprint density at radius 1 is 0.903 bits per heavy atom. The molecule has 1 atom stereocenters. The summed E-state index contributed by atoms with van der Waals surface area (Å²) in [7, 11) is 0. The molecule has 1 heterocycles. The minimum Gasteiger partial charge on any atom is -0.457 e. The lowest BCUT2D eigenvalue weighted by atomic mass is 10.0. The van der Waals surface area contributed by atoms with Crippen molar-refractivity contribution in [3.8, 4) is 11.1 Å². The first-order valence-corrected chi connectivity index (χ1v) is 10.3. The van der Waals surface area contributed by atoms with Gasteiger partial charge in [0.1, 0.15) is 0 Å². The molecule has 0 radical (unpaired) electrons. The van der Waals surface area contributed by atoms with Crippen LogP contribution in [0, 0.1) is 5.92 Å². The van der Waals surface area contributed by atoms with Gasteiger partial charge >= 0.3 is 5.97 Å². The zero-order valence-electron chi connectivity index (χ0n) is 16.7. The third kappa shape index (κ3) is 4.84. The second-order valence-electron chi connectivity index (χ2n) is 7.36. The van der Waals surface area contributed by atoms with Crippen molar-refractivity contribution in [3.05, 3.63) is 89.4 Å². The van der Waals surface area contributed by atoms with Gasteiger partial charge in [-0.3, -0.25) is 14.4 Å². The molecule has 1 unspecified atom stereocenters. The van der Waals surface area contributed by atoms with Crippen molar-refractivity contribution in [3.63, 3.8) is 0 Å². The van der Waals surface area contributed by atoms with Gasteiger partial charge in [-0.2, -0.15) is 0 Å². The van der Waals surface area contributed by atoms with Crippen LogP contribution in [0.3, 0.4) is 0 Å². The molecule has 156 valence electrons. The number of hydrogen-bond donors (Lipinski definition) is 0. The van der Waals surface area contributed by atoms with Gasteiger partial charge in [-0.25, -0.2) is 0 Å². The molecule has 0 aliphatic carbocycles. The van der Waals surface area contributed by atoms with Crippen LogP contribution in [0.5, 0.6) is 0 Å². The van der Waals surface area contributed by atoms with E-state index in [0.717, 1.165) is 11.1 Å². The number of halogens is 1. The quantitative estimate of drug-likeness (QED) is 0.414. The molecular formula is C25H20ClNO4. The van der Waals surface area contributed by atoms with E-state index in [9.17, 15) is 14.4 Å². The van der Waals surface area contributed by atoms with Crippen LogP contribution in [-0.4, -0.2) is 30.8 Å². The second kappa shape index (κ2) is 9.14. The van der Waals surface area contributed by atoms with E-state index in [-0.39, 0.29) is 31.3 Å². The molecule has 4 rings (SSSR count). The van der Waals surface area contributed by atoms with Gasteiger partial charge in [-0.05, 0) is 35.4 Å². The highest BCUT2D eigenvalue weighted by atomic mass is 35.5. The average molecular weight is 434 g/mol. The molecule has 1 amide bonds. The lowest BCUT2D eigenvalue weighted by molar-refractivity contribution is -0.147. The SMILES string of the molecule is O=C(COC(=O)C1CC(=O)N(c2ccc(Cl)cc2)C1)c1ccc(-c2ccccc2)cc1. The van der Waals surface area contributed by atoms with Gasteiger partial charge < -0.3 is 9.64 Å². The normalized spacial score (nSPS) is 15.7. The second-order valence-corrected chi connectivity index (χ2v) is 7.79. The topological polar surface area (TPSA) is 63.7 Å². The smallest absolute Gasteiger partial charge is 0.311 e. The van der Waals surface area contributed by atoms with E-state index in [2.05, 4.69) is 0 Å². The van der Waals surface area contributed by atoms with Gasteiger partial charge in [0.25, 0.3) is 0 Å². The van der Waals surface area contributed by atoms with Crippen LogP contribution in [-0.2, 0) is 14.3 Å². The van der Waals surface area contributed by atoms with Crippen LogP contribution < -0.4 is 4.90 Å². The van der Waals surface area contributed by atoms with E-state index in [1.54, 1.807) is 36.4 Å². The fraction of sp³-hybridized carbons (Fsp3) is 0.160. The zero-order valence-corrected chi connectivity index (χ0v) is 17.4. The third-order valence-electron chi connectivity index (χ3n) is 5.26. The molecule has 0 saturated carbocycles. The third-order valence-corrected chi connectivity index (χ3v) is 5.51. The van der Waals surface area contributed by atoms with Crippen LogP contribution in [0.1, 0.15) is 16.8 Å². The van der Waals surface area contributed by atoms with E-state index >= 15 is 0 Å². The Balaban J connectivity index is 1.33. The standard InChI is InChI=1S/C25H20ClNO4/c26-21-10-12-22(13-11-21)27-15-20(14-24(27)29)25(30)31-16-23(28)19-8-6-18(7-9-19)17-4-2-1-3-5-17/h1-13,20H,14-16H2. The molecule has 3 aromatic carbocycles. The van der Waals surface area contributed by atoms with Gasteiger partial charge in [-0.15, -0.1) is 0 Å². The van der Waals surface area contributed by atoms with Gasteiger partial charge in [0.15, 0.2) is 12.4 Å². The van der Waals surface area contributed by atoms with E-state index in [0.29, 0.717) is 16.3 Å². The maximum Gasteiger partial charge on any atom is 0.311 e. The summed E-state index contributed by atoms with van der Waals surface area (Å²) >= 11 is 5.89. The van der Waals surface area contributed by atoms with Gasteiger partial charge in [0.05, 0.1) is 5.92 Å². The molecule has 0 N–H and O–H groups in total. The first-order valence-electron chi connectivity index (χ1n) is 9.92. The van der Waals surface area contributed by atoms with Crippen LogP contribution in [0.2, 0.25) is 5.02 Å². The molecule has 5 nitrogen and oxygen atoms in total. The number of benzene rings is 3. The van der Waals surface area contributed by atoms with Crippen molar-refractivity contribution >= 4 is 34.9 Å². The van der Waals surface area contributed by atoms with Crippen molar-refractivity contribution < 1.29 is 19.1 Å². The summed E-state index contributed by atoms with van der Waals surface area (Å²) in [5.41, 5.74) is 3.21. The van der Waals surface area contributed by atoms with Gasteiger partial charge in [0.2, 0.25) is 5.91 Å². The summed E-state index contributed by atoms with van der Waals surface area (Å²) < 4.78 is 5.22. The first-order chi connectivity index (χ1) is 15.0. The first kappa shape index (κ1) is 20.8. The Bertz CT molecular complexity index is 1090. The number of amides is 1. The maximum atomic E-state index is 12.4. The monoisotopic (exact) mass is 433 g/mol. The minimum atomic E-state index is -0.601. The lowest BCUT2D eigenvalue weighted by Gasteiger charge is -2.16. The number of Topliss-reactive ketones (excluding diaryl/α,β-unsaturated/α-hetero) is 1. The van der Waals surface area contributed by atoms with E-state index < -0.39 is 11.9 Å². The molecule has 1 saturated heterocycles. The number of hydrogen-bond acceptors (Lipinski definition) is 4. The Kier molecular flexibility index (Phi) is 6.14. The number of anilines is 1. The Morgan fingerprint density at radius 3 is 2.23 bits per heavy atom. The summed E-state index contributed by atoms with van der Waals surface area (Å²) in [6.07, 6.45) is 0.0570. The highest BCUT2D eigenvalue weighted by Gasteiger charge is 2.36. The summed E-state index contributed by atoms with van der Waals surface area (Å²) in [4.78, 5) is 38.7. The zero-order chi connectivity index (χ0) is 21.8. The van der Waals surface area contributed by atoms with Crippen molar-refractivity contribution in [2.45, 2.75) is 6.42 Å². The summed E-state index contributed by atoms with van der Waals surface area (Å²) in [5.74, 6) is -1.59. The fourth-order valence-corrected chi connectivity index (χ4v) is 3.68. The van der Waals surface area contributed by atoms with Crippen molar-refractivity contribution in [1.29, 1.82) is 0 Å². The summed E-state index contributed by atoms with van der Waals surface area (Å²) in [5, 5.41) is 0.571. The molecule has 31 heavy (non-hydrogen) atoms. The molecule has 0 aromatic heterocycles. The number of esters is 1. The molecule has 3 aromatic rings. The largest absolute Gasteiger partial charge is 0.457 e. The Morgan fingerprint density at radius 2 is 1.55 bits per heavy atom. The average Bonchev–Trinajstić information content (AvgIpc) is 3.20. The molecule has 0 bridgehead atoms. The van der Waals surface area contributed by atoms with Crippen molar-refractivity contribution in [2.75, 3.05) is 18.1 Å². The number of ketones is 1. The number of nitrogens with zero attached hydrogens (tertiary/aromatic N) is 1. The van der Waals surface area contributed by atoms with Crippen molar-refractivity contribution in [1.82, 2.24) is 0 Å². The molecule has 1 aliphatic rings. The molecule has 0 spiro atoms. The summed E-state index contributed by atoms with van der Waals surface area (Å²) in [6, 6.07) is 23.9. The fourth-order valence-electron chi connectivity index (χ4n) is 3.55. The van der Waals surface area contributed by atoms with Crippen LogP contribution in [0.15, 0.2) is 78.9 Å². The molecular weight excluding hydrogens is 414 g/mol. The predicted molar refractivity (Wildman–Crippen MR) is 119 cm³/mol.